The summed E-state index contributed by atoms with van der Waals surface area (Å²) in [5, 5.41) is 0. The third-order valence-electron chi connectivity index (χ3n) is 3.53. The molecule has 16 heavy (non-hydrogen) atoms. The summed E-state index contributed by atoms with van der Waals surface area (Å²) >= 11 is 0. The largest absolute Gasteiger partial charge is 0.462 e. The lowest BCUT2D eigenvalue weighted by atomic mass is 10.0. The van der Waals surface area contributed by atoms with Crippen molar-refractivity contribution in [2.45, 2.75) is 24.9 Å². The van der Waals surface area contributed by atoms with Crippen LogP contribution in [-0.2, 0) is 9.53 Å². The van der Waals surface area contributed by atoms with E-state index in [-0.39, 0.29) is 18.1 Å². The molecule has 0 spiro atoms. The summed E-state index contributed by atoms with van der Waals surface area (Å²) in [7, 11) is 0. The van der Waals surface area contributed by atoms with Crippen LogP contribution in [0.4, 0.5) is 0 Å². The molecule has 1 unspecified atom stereocenters. The molecule has 3 nitrogen and oxygen atoms in total. The van der Waals surface area contributed by atoms with Gasteiger partial charge in [-0.2, -0.15) is 0 Å². The molecule has 2 aliphatic heterocycles. The first-order valence-corrected chi connectivity index (χ1v) is 5.83. The van der Waals surface area contributed by atoms with E-state index in [9.17, 15) is 4.79 Å². The van der Waals surface area contributed by atoms with Crippen LogP contribution in [0.3, 0.4) is 0 Å². The highest BCUT2D eigenvalue weighted by atomic mass is 16.5. The zero-order valence-corrected chi connectivity index (χ0v) is 9.13. The van der Waals surface area contributed by atoms with Gasteiger partial charge in [-0.1, -0.05) is 30.3 Å². The van der Waals surface area contributed by atoms with Gasteiger partial charge in [0, 0.05) is 0 Å². The van der Waals surface area contributed by atoms with E-state index < -0.39 is 0 Å². The van der Waals surface area contributed by atoms with Crippen LogP contribution < -0.4 is 0 Å². The van der Waals surface area contributed by atoms with Crippen molar-refractivity contribution in [1.82, 2.24) is 4.90 Å². The molecule has 3 rings (SSSR count). The number of benzene rings is 1. The van der Waals surface area contributed by atoms with Crippen molar-refractivity contribution < 1.29 is 9.53 Å². The first-order chi connectivity index (χ1) is 7.86. The summed E-state index contributed by atoms with van der Waals surface area (Å²) in [5.74, 6) is -0.0373. The van der Waals surface area contributed by atoms with Crippen molar-refractivity contribution >= 4 is 5.97 Å². The van der Waals surface area contributed by atoms with E-state index in [1.165, 1.54) is 5.56 Å². The molecule has 0 N–H and O–H groups in total. The van der Waals surface area contributed by atoms with Gasteiger partial charge in [0.05, 0.1) is 6.04 Å². The van der Waals surface area contributed by atoms with Crippen molar-refractivity contribution in [2.75, 3.05) is 13.2 Å². The van der Waals surface area contributed by atoms with Crippen LogP contribution >= 0.6 is 0 Å². The number of morpholine rings is 1. The minimum Gasteiger partial charge on any atom is -0.462 e. The van der Waals surface area contributed by atoms with E-state index in [4.69, 9.17) is 4.74 Å². The molecule has 2 heterocycles. The number of fused-ring (bicyclic) bond motifs is 1. The lowest BCUT2D eigenvalue weighted by Gasteiger charge is -2.36. The summed E-state index contributed by atoms with van der Waals surface area (Å²) in [6.45, 7) is 1.51. The monoisotopic (exact) mass is 217 g/mol. The van der Waals surface area contributed by atoms with Gasteiger partial charge >= 0.3 is 5.97 Å². The molecule has 0 radical (unpaired) electrons. The van der Waals surface area contributed by atoms with Crippen LogP contribution in [0, 0.1) is 0 Å². The zero-order chi connectivity index (χ0) is 11.0. The van der Waals surface area contributed by atoms with Crippen molar-refractivity contribution in [3.8, 4) is 0 Å². The van der Waals surface area contributed by atoms with Crippen LogP contribution in [0.25, 0.3) is 0 Å². The molecule has 2 atom stereocenters. The fourth-order valence-corrected chi connectivity index (χ4v) is 2.73. The molecule has 0 saturated carbocycles. The molecule has 0 bridgehead atoms. The Kier molecular flexibility index (Phi) is 2.40. The average Bonchev–Trinajstić information content (AvgIpc) is 2.81. The van der Waals surface area contributed by atoms with E-state index in [0.717, 1.165) is 19.4 Å². The number of carbonyl (C=O) groups excluding carboxylic acids is 1. The third-order valence-corrected chi connectivity index (χ3v) is 3.53. The Morgan fingerprint density at radius 3 is 2.81 bits per heavy atom. The highest BCUT2D eigenvalue weighted by molar-refractivity contribution is 5.77. The molecule has 0 amide bonds. The van der Waals surface area contributed by atoms with Crippen molar-refractivity contribution in [3.63, 3.8) is 0 Å². The van der Waals surface area contributed by atoms with Crippen LogP contribution in [0.2, 0.25) is 0 Å². The first-order valence-electron chi connectivity index (χ1n) is 5.83. The fourth-order valence-electron chi connectivity index (χ4n) is 2.73. The fraction of sp³-hybridized carbons (Fsp3) is 0.462. The maximum absolute atomic E-state index is 11.6. The van der Waals surface area contributed by atoms with E-state index in [1.807, 2.05) is 18.2 Å². The predicted molar refractivity (Wildman–Crippen MR) is 59.9 cm³/mol. The van der Waals surface area contributed by atoms with Crippen LogP contribution in [-0.4, -0.2) is 30.1 Å². The number of rotatable bonds is 1. The molecular weight excluding hydrogens is 202 g/mol. The van der Waals surface area contributed by atoms with Gasteiger partial charge in [-0.3, -0.25) is 9.69 Å². The SMILES string of the molecule is O=C1OCC(c2ccccc2)N2CCC[C@@H]12. The maximum Gasteiger partial charge on any atom is 0.323 e. The van der Waals surface area contributed by atoms with Crippen molar-refractivity contribution in [1.29, 1.82) is 0 Å². The average molecular weight is 217 g/mol. The summed E-state index contributed by atoms with van der Waals surface area (Å²) in [5.41, 5.74) is 1.25. The minimum atomic E-state index is -0.0373. The minimum absolute atomic E-state index is 0.000967. The van der Waals surface area contributed by atoms with Gasteiger partial charge in [0.2, 0.25) is 0 Å². The topological polar surface area (TPSA) is 29.5 Å². The smallest absolute Gasteiger partial charge is 0.323 e. The van der Waals surface area contributed by atoms with Gasteiger partial charge in [-0.05, 0) is 24.9 Å². The second-order valence-corrected chi connectivity index (χ2v) is 4.45. The first kappa shape index (κ1) is 9.85. The Morgan fingerprint density at radius 1 is 1.19 bits per heavy atom. The molecule has 1 aromatic carbocycles. The van der Waals surface area contributed by atoms with Crippen LogP contribution in [0.5, 0.6) is 0 Å². The number of hydrogen-bond donors (Lipinski definition) is 0. The zero-order valence-electron chi connectivity index (χ0n) is 9.13. The van der Waals surface area contributed by atoms with E-state index in [0.29, 0.717) is 6.61 Å². The number of cyclic esters (lactones) is 1. The highest BCUT2D eigenvalue weighted by Crippen LogP contribution is 2.33. The molecule has 0 aliphatic carbocycles. The van der Waals surface area contributed by atoms with Gasteiger partial charge in [0.25, 0.3) is 0 Å². The Labute approximate surface area is 95.0 Å². The number of nitrogens with zero attached hydrogens (tertiary/aromatic N) is 1. The molecular formula is C13H15NO2. The van der Waals surface area contributed by atoms with Gasteiger partial charge in [-0.15, -0.1) is 0 Å². The predicted octanol–water partition coefficient (Wildman–Crippen LogP) is 1.75. The summed E-state index contributed by atoms with van der Waals surface area (Å²) in [4.78, 5) is 13.9. The number of ether oxygens (including phenoxy) is 1. The Bertz CT molecular complexity index is 390. The third kappa shape index (κ3) is 1.52. The molecule has 2 fully saturated rings. The number of hydrogen-bond acceptors (Lipinski definition) is 3. The number of esters is 1. The Hall–Kier alpha value is -1.35. The molecule has 0 aromatic heterocycles. The van der Waals surface area contributed by atoms with Crippen molar-refractivity contribution in [2.24, 2.45) is 0 Å². The van der Waals surface area contributed by atoms with E-state index in [2.05, 4.69) is 17.0 Å². The quantitative estimate of drug-likeness (QED) is 0.671. The summed E-state index contributed by atoms with van der Waals surface area (Å²) in [6, 6.07) is 10.6. The van der Waals surface area contributed by atoms with E-state index in [1.54, 1.807) is 0 Å². The van der Waals surface area contributed by atoms with Gasteiger partial charge in [0.15, 0.2) is 0 Å². The molecule has 1 aromatic rings. The lowest BCUT2D eigenvalue weighted by Crippen LogP contribution is -2.46. The van der Waals surface area contributed by atoms with Gasteiger partial charge in [0.1, 0.15) is 12.6 Å². The molecule has 2 aliphatic rings. The molecule has 3 heteroatoms. The Morgan fingerprint density at radius 2 is 2.00 bits per heavy atom. The normalized spacial score (nSPS) is 29.9. The maximum atomic E-state index is 11.6. The Balaban J connectivity index is 1.89. The van der Waals surface area contributed by atoms with Gasteiger partial charge in [-0.25, -0.2) is 0 Å². The standard InChI is InChI=1S/C13H15NO2/c15-13-11-7-4-8-14(11)12(9-16-13)10-5-2-1-3-6-10/h1-3,5-6,11-12H,4,7-9H2/t11-,12?/m0/s1. The molecule has 2 saturated heterocycles. The molecule has 84 valence electrons. The summed E-state index contributed by atoms with van der Waals surface area (Å²) < 4.78 is 5.28. The van der Waals surface area contributed by atoms with Gasteiger partial charge < -0.3 is 4.74 Å². The van der Waals surface area contributed by atoms with E-state index >= 15 is 0 Å². The summed E-state index contributed by atoms with van der Waals surface area (Å²) in [6.07, 6.45) is 2.05. The second kappa shape index (κ2) is 3.91. The highest BCUT2D eigenvalue weighted by Gasteiger charge is 2.41. The van der Waals surface area contributed by atoms with Crippen LogP contribution in [0.1, 0.15) is 24.4 Å². The second-order valence-electron chi connectivity index (χ2n) is 4.45. The number of carbonyl (C=O) groups is 1. The van der Waals surface area contributed by atoms with Crippen molar-refractivity contribution in [3.05, 3.63) is 35.9 Å². The lowest BCUT2D eigenvalue weighted by molar-refractivity contribution is -0.160. The van der Waals surface area contributed by atoms with Crippen LogP contribution in [0.15, 0.2) is 30.3 Å².